The SMILES string of the molecule is O=C(Cc1cc(C(F)(F)F)cc(C(F)(F)F)c1)N[C@@H](Cc1cnc2ccccc2n1)C(=O)O. The van der Waals surface area contributed by atoms with E-state index in [1.165, 1.54) is 6.20 Å². The number of nitrogens with zero attached hydrogens (tertiary/aromatic N) is 2. The summed E-state index contributed by atoms with van der Waals surface area (Å²) in [6.07, 6.45) is -10.0. The number of rotatable bonds is 6. The molecule has 0 saturated heterocycles. The number of para-hydroxylation sites is 2. The van der Waals surface area contributed by atoms with Gasteiger partial charge in [0.05, 0.1) is 34.3 Å². The van der Waals surface area contributed by atoms with Crippen molar-refractivity contribution >= 4 is 22.9 Å². The molecule has 0 aliphatic carbocycles. The van der Waals surface area contributed by atoms with E-state index >= 15 is 0 Å². The topological polar surface area (TPSA) is 92.2 Å². The van der Waals surface area contributed by atoms with E-state index in [4.69, 9.17) is 0 Å². The molecule has 0 bridgehead atoms. The summed E-state index contributed by atoms with van der Waals surface area (Å²) < 4.78 is 77.9. The van der Waals surface area contributed by atoms with E-state index in [0.717, 1.165) is 0 Å². The number of carbonyl (C=O) groups is 2. The Morgan fingerprint density at radius 1 is 0.939 bits per heavy atom. The number of carboxylic acid groups (broad SMARTS) is 1. The largest absolute Gasteiger partial charge is 0.480 e. The van der Waals surface area contributed by atoms with E-state index in [1.807, 2.05) is 0 Å². The van der Waals surface area contributed by atoms with Crippen molar-refractivity contribution in [2.75, 3.05) is 0 Å². The zero-order chi connectivity index (χ0) is 24.4. The Morgan fingerprint density at radius 3 is 2.06 bits per heavy atom. The standard InChI is InChI=1S/C21H15F6N3O3/c22-20(23,24)12-5-11(6-13(8-12)21(25,26)27)7-18(31)30-17(19(32)33)9-14-10-28-15-3-1-2-4-16(15)29-14/h1-6,8,10,17H,7,9H2,(H,30,31)(H,32,33)/t17-/m0/s1. The van der Waals surface area contributed by atoms with E-state index in [0.29, 0.717) is 23.2 Å². The second kappa shape index (κ2) is 9.04. The Balaban J connectivity index is 1.79. The average molecular weight is 471 g/mol. The lowest BCUT2D eigenvalue weighted by Crippen LogP contribution is -2.43. The van der Waals surface area contributed by atoms with E-state index in [2.05, 4.69) is 15.3 Å². The van der Waals surface area contributed by atoms with Crippen molar-refractivity contribution < 1.29 is 41.0 Å². The molecular formula is C21H15F6N3O3. The molecule has 0 radical (unpaired) electrons. The monoisotopic (exact) mass is 471 g/mol. The van der Waals surface area contributed by atoms with E-state index in [-0.39, 0.29) is 18.2 Å². The van der Waals surface area contributed by atoms with E-state index in [1.54, 1.807) is 24.3 Å². The molecule has 0 aliphatic rings. The maximum absolute atomic E-state index is 13.0. The number of carbonyl (C=O) groups excluding carboxylic acids is 1. The summed E-state index contributed by atoms with van der Waals surface area (Å²) in [6.45, 7) is 0. The molecular weight excluding hydrogens is 456 g/mol. The van der Waals surface area contributed by atoms with Crippen LogP contribution in [0.25, 0.3) is 11.0 Å². The fourth-order valence-corrected chi connectivity index (χ4v) is 3.06. The minimum atomic E-state index is -5.06. The first kappa shape index (κ1) is 24.0. The summed E-state index contributed by atoms with van der Waals surface area (Å²) in [4.78, 5) is 32.2. The van der Waals surface area contributed by atoms with Gasteiger partial charge in [0.25, 0.3) is 0 Å². The lowest BCUT2D eigenvalue weighted by molar-refractivity contribution is -0.143. The van der Waals surface area contributed by atoms with Crippen molar-refractivity contribution in [1.82, 2.24) is 15.3 Å². The molecule has 0 fully saturated rings. The molecule has 1 atom stereocenters. The van der Waals surface area contributed by atoms with Crippen LogP contribution in [-0.4, -0.2) is 33.0 Å². The number of nitrogens with one attached hydrogen (secondary N) is 1. The van der Waals surface area contributed by atoms with Crippen molar-refractivity contribution in [3.05, 3.63) is 71.0 Å². The van der Waals surface area contributed by atoms with Gasteiger partial charge in [0.2, 0.25) is 5.91 Å². The Bertz CT molecular complexity index is 1160. The van der Waals surface area contributed by atoms with Gasteiger partial charge in [-0.25, -0.2) is 9.78 Å². The van der Waals surface area contributed by atoms with Crippen LogP contribution in [0.5, 0.6) is 0 Å². The number of fused-ring (bicyclic) bond motifs is 1. The molecule has 174 valence electrons. The van der Waals surface area contributed by atoms with Gasteiger partial charge in [0, 0.05) is 12.6 Å². The maximum Gasteiger partial charge on any atom is 0.416 e. The van der Waals surface area contributed by atoms with Gasteiger partial charge in [-0.15, -0.1) is 0 Å². The summed E-state index contributed by atoms with van der Waals surface area (Å²) in [6, 6.07) is 6.01. The lowest BCUT2D eigenvalue weighted by Gasteiger charge is -2.16. The quantitative estimate of drug-likeness (QED) is 0.530. The minimum absolute atomic E-state index is 0.0557. The summed E-state index contributed by atoms with van der Waals surface area (Å²) in [5, 5.41) is 11.5. The molecule has 12 heteroatoms. The van der Waals surface area contributed by atoms with Crippen LogP contribution in [0.2, 0.25) is 0 Å². The van der Waals surface area contributed by atoms with Crippen LogP contribution in [-0.2, 0) is 34.8 Å². The fourth-order valence-electron chi connectivity index (χ4n) is 3.06. The van der Waals surface area contributed by atoms with Gasteiger partial charge in [-0.3, -0.25) is 9.78 Å². The number of benzene rings is 2. The van der Waals surface area contributed by atoms with Gasteiger partial charge >= 0.3 is 18.3 Å². The Hall–Kier alpha value is -3.70. The van der Waals surface area contributed by atoms with Gasteiger partial charge in [-0.1, -0.05) is 12.1 Å². The first-order valence-electron chi connectivity index (χ1n) is 9.34. The number of hydrogen-bond acceptors (Lipinski definition) is 4. The van der Waals surface area contributed by atoms with Gasteiger partial charge < -0.3 is 10.4 Å². The first-order valence-corrected chi connectivity index (χ1v) is 9.34. The summed E-state index contributed by atoms with van der Waals surface area (Å²) in [7, 11) is 0. The number of hydrogen-bond donors (Lipinski definition) is 2. The maximum atomic E-state index is 13.0. The van der Waals surface area contributed by atoms with Crippen molar-refractivity contribution in [2.24, 2.45) is 0 Å². The van der Waals surface area contributed by atoms with Crippen LogP contribution in [0, 0.1) is 0 Å². The third kappa shape index (κ3) is 6.18. The smallest absolute Gasteiger partial charge is 0.416 e. The first-order chi connectivity index (χ1) is 15.3. The number of alkyl halides is 6. The number of aromatic nitrogens is 2. The molecule has 0 unspecified atom stereocenters. The molecule has 2 N–H and O–H groups in total. The molecule has 3 rings (SSSR count). The second-order valence-electron chi connectivity index (χ2n) is 7.10. The highest BCUT2D eigenvalue weighted by atomic mass is 19.4. The molecule has 1 aromatic heterocycles. The third-order valence-corrected chi connectivity index (χ3v) is 4.56. The highest BCUT2D eigenvalue weighted by Gasteiger charge is 2.37. The van der Waals surface area contributed by atoms with Crippen molar-refractivity contribution in [3.63, 3.8) is 0 Å². The third-order valence-electron chi connectivity index (χ3n) is 4.56. The van der Waals surface area contributed by atoms with Crippen LogP contribution in [0.3, 0.4) is 0 Å². The average Bonchev–Trinajstić information content (AvgIpc) is 2.71. The molecule has 3 aromatic rings. The molecule has 0 spiro atoms. The lowest BCUT2D eigenvalue weighted by atomic mass is 10.0. The highest BCUT2D eigenvalue weighted by Crippen LogP contribution is 2.36. The van der Waals surface area contributed by atoms with Gasteiger partial charge in [0.1, 0.15) is 6.04 Å². The van der Waals surface area contributed by atoms with Crippen LogP contribution in [0.4, 0.5) is 26.3 Å². The molecule has 33 heavy (non-hydrogen) atoms. The number of aliphatic carboxylic acids is 1. The summed E-state index contributed by atoms with van der Waals surface area (Å²) >= 11 is 0. The van der Waals surface area contributed by atoms with Crippen LogP contribution in [0.1, 0.15) is 22.4 Å². The van der Waals surface area contributed by atoms with Gasteiger partial charge in [0.15, 0.2) is 0 Å². The van der Waals surface area contributed by atoms with E-state index in [9.17, 15) is 41.0 Å². The Morgan fingerprint density at radius 2 is 1.52 bits per heavy atom. The molecule has 0 saturated carbocycles. The zero-order valence-electron chi connectivity index (χ0n) is 16.5. The predicted octanol–water partition coefficient (Wildman–Crippen LogP) is 4.02. The minimum Gasteiger partial charge on any atom is -0.480 e. The van der Waals surface area contributed by atoms with E-state index < -0.39 is 53.4 Å². The molecule has 0 aliphatic heterocycles. The van der Waals surface area contributed by atoms with Crippen molar-refractivity contribution in [1.29, 1.82) is 0 Å². The summed E-state index contributed by atoms with van der Waals surface area (Å²) in [5.74, 6) is -2.53. The predicted molar refractivity (Wildman–Crippen MR) is 103 cm³/mol. The Labute approximate surface area is 182 Å². The molecule has 6 nitrogen and oxygen atoms in total. The zero-order valence-corrected chi connectivity index (χ0v) is 16.5. The molecule has 2 aromatic carbocycles. The highest BCUT2D eigenvalue weighted by molar-refractivity contribution is 5.85. The number of halogens is 6. The molecule has 1 heterocycles. The van der Waals surface area contributed by atoms with Crippen LogP contribution in [0.15, 0.2) is 48.7 Å². The number of carboxylic acids is 1. The van der Waals surface area contributed by atoms with Crippen molar-refractivity contribution in [3.8, 4) is 0 Å². The number of amides is 1. The van der Waals surface area contributed by atoms with Gasteiger partial charge in [-0.2, -0.15) is 26.3 Å². The normalized spacial score (nSPS) is 13.0. The fraction of sp³-hybridized carbons (Fsp3) is 0.238. The Kier molecular flexibility index (Phi) is 6.56. The molecule has 1 amide bonds. The second-order valence-corrected chi connectivity index (χ2v) is 7.10. The van der Waals surface area contributed by atoms with Gasteiger partial charge in [-0.05, 0) is 35.9 Å². The van der Waals surface area contributed by atoms with Crippen LogP contribution >= 0.6 is 0 Å². The van der Waals surface area contributed by atoms with Crippen LogP contribution < -0.4 is 5.32 Å². The summed E-state index contributed by atoms with van der Waals surface area (Å²) in [5.41, 5.74) is -2.44. The van der Waals surface area contributed by atoms with Crippen molar-refractivity contribution in [2.45, 2.75) is 31.2 Å².